The molecule has 1 aliphatic heterocycles. The van der Waals surface area contributed by atoms with Gasteiger partial charge >= 0.3 is 0 Å². The number of para-hydroxylation sites is 2. The van der Waals surface area contributed by atoms with Crippen LogP contribution in [0.2, 0.25) is 0 Å². The van der Waals surface area contributed by atoms with Crippen molar-refractivity contribution in [3.05, 3.63) is 57.9 Å². The molecule has 2 aliphatic rings. The molecular formula is C29H33N3O3. The Bertz CT molecular complexity index is 1550. The lowest BCUT2D eigenvalue weighted by molar-refractivity contribution is 0.126. The zero-order chi connectivity index (χ0) is 24.7. The number of imidazole rings is 1. The van der Waals surface area contributed by atoms with Crippen molar-refractivity contribution in [2.24, 2.45) is 17.9 Å². The van der Waals surface area contributed by atoms with Gasteiger partial charge in [0.05, 0.1) is 22.0 Å². The summed E-state index contributed by atoms with van der Waals surface area (Å²) in [5.74, 6) is 1.29. The molecule has 4 aromatic rings. The van der Waals surface area contributed by atoms with Crippen molar-refractivity contribution >= 4 is 22.0 Å². The first-order valence-corrected chi connectivity index (χ1v) is 12.5. The van der Waals surface area contributed by atoms with E-state index in [4.69, 9.17) is 9.40 Å². The van der Waals surface area contributed by atoms with Crippen LogP contribution >= 0.6 is 0 Å². The topological polar surface area (TPSA) is 71.5 Å². The van der Waals surface area contributed by atoms with E-state index >= 15 is 0 Å². The van der Waals surface area contributed by atoms with E-state index in [0.717, 1.165) is 24.0 Å². The standard InChI is InChI=1S/C29H33N3O3/c1-17-24(27-30-21-8-6-7-9-22(21)31(27)5)25(34)19-10-11-23(33)20(26(19)35-17)14-32-16-29(4)13-18(32)12-28(2,3)15-29/h6-11,18,33H,12-16H2,1-5H3/t18-,29+/m0/s1. The van der Waals surface area contributed by atoms with Gasteiger partial charge in [-0.15, -0.1) is 0 Å². The van der Waals surface area contributed by atoms with Crippen LogP contribution in [0.3, 0.4) is 0 Å². The summed E-state index contributed by atoms with van der Waals surface area (Å²) in [7, 11) is 1.92. The molecule has 0 unspecified atom stereocenters. The molecule has 2 bridgehead atoms. The van der Waals surface area contributed by atoms with Crippen LogP contribution in [0.5, 0.6) is 5.75 Å². The molecule has 0 radical (unpaired) electrons. The number of hydrogen-bond acceptors (Lipinski definition) is 5. The van der Waals surface area contributed by atoms with E-state index in [9.17, 15) is 9.90 Å². The molecule has 6 rings (SSSR count). The first kappa shape index (κ1) is 22.4. The molecule has 0 amide bonds. The van der Waals surface area contributed by atoms with E-state index in [-0.39, 0.29) is 16.6 Å². The molecule has 1 N–H and O–H groups in total. The highest BCUT2D eigenvalue weighted by Crippen LogP contribution is 2.53. The van der Waals surface area contributed by atoms with Gasteiger partial charge < -0.3 is 14.1 Å². The Morgan fingerprint density at radius 2 is 1.91 bits per heavy atom. The first-order chi connectivity index (χ1) is 16.6. The van der Waals surface area contributed by atoms with Gasteiger partial charge in [0.1, 0.15) is 28.5 Å². The van der Waals surface area contributed by atoms with E-state index in [2.05, 4.69) is 25.7 Å². The maximum atomic E-state index is 13.8. The third-order valence-corrected chi connectivity index (χ3v) is 8.21. The highest BCUT2D eigenvalue weighted by atomic mass is 16.3. The van der Waals surface area contributed by atoms with Crippen LogP contribution in [0, 0.1) is 17.8 Å². The molecule has 2 aromatic heterocycles. The number of aryl methyl sites for hydroxylation is 2. The largest absolute Gasteiger partial charge is 0.507 e. The highest BCUT2D eigenvalue weighted by molar-refractivity contribution is 5.87. The van der Waals surface area contributed by atoms with Crippen LogP contribution in [-0.2, 0) is 13.6 Å². The van der Waals surface area contributed by atoms with Crippen molar-refractivity contribution in [3.63, 3.8) is 0 Å². The quantitative estimate of drug-likeness (QED) is 0.411. The fourth-order valence-corrected chi connectivity index (χ4v) is 7.16. The number of benzene rings is 2. The lowest BCUT2D eigenvalue weighted by Crippen LogP contribution is -2.34. The summed E-state index contributed by atoms with van der Waals surface area (Å²) >= 11 is 0. The number of fused-ring (bicyclic) bond motifs is 4. The number of phenolic OH excluding ortho intramolecular Hbond substituents is 1. The van der Waals surface area contributed by atoms with Gasteiger partial charge in [0.15, 0.2) is 0 Å². The smallest absolute Gasteiger partial charge is 0.203 e. The molecule has 2 aromatic carbocycles. The molecule has 1 saturated carbocycles. The van der Waals surface area contributed by atoms with Gasteiger partial charge in [-0.05, 0) is 61.3 Å². The van der Waals surface area contributed by atoms with E-state index < -0.39 is 0 Å². The third kappa shape index (κ3) is 3.49. The van der Waals surface area contributed by atoms with E-state index in [1.807, 2.05) is 42.8 Å². The van der Waals surface area contributed by atoms with Crippen molar-refractivity contribution in [3.8, 4) is 17.1 Å². The average molecular weight is 472 g/mol. The Hall–Kier alpha value is -3.12. The van der Waals surface area contributed by atoms with Gasteiger partial charge in [0.2, 0.25) is 5.43 Å². The Morgan fingerprint density at radius 1 is 1.14 bits per heavy atom. The second kappa shape index (κ2) is 7.44. The monoisotopic (exact) mass is 471 g/mol. The van der Waals surface area contributed by atoms with Crippen LogP contribution in [0.4, 0.5) is 0 Å². The number of rotatable bonds is 3. The zero-order valence-electron chi connectivity index (χ0n) is 21.2. The summed E-state index contributed by atoms with van der Waals surface area (Å²) in [6.45, 7) is 10.5. The summed E-state index contributed by atoms with van der Waals surface area (Å²) in [6, 6.07) is 11.6. The van der Waals surface area contributed by atoms with Gasteiger partial charge in [-0.1, -0.05) is 32.9 Å². The molecule has 35 heavy (non-hydrogen) atoms. The fraction of sp³-hybridized carbons (Fsp3) is 0.448. The maximum absolute atomic E-state index is 13.8. The van der Waals surface area contributed by atoms with Crippen molar-refractivity contribution < 1.29 is 9.52 Å². The van der Waals surface area contributed by atoms with Crippen LogP contribution in [0.25, 0.3) is 33.4 Å². The van der Waals surface area contributed by atoms with Gasteiger partial charge in [0, 0.05) is 26.2 Å². The molecule has 1 aliphatic carbocycles. The fourth-order valence-electron chi connectivity index (χ4n) is 7.16. The average Bonchev–Trinajstić information content (AvgIpc) is 3.22. The molecule has 3 heterocycles. The van der Waals surface area contributed by atoms with Gasteiger partial charge in [-0.3, -0.25) is 9.69 Å². The lowest BCUT2D eigenvalue weighted by Gasteiger charge is -2.40. The predicted octanol–water partition coefficient (Wildman–Crippen LogP) is 5.76. The minimum Gasteiger partial charge on any atom is -0.507 e. The third-order valence-electron chi connectivity index (χ3n) is 8.21. The molecule has 2 fully saturated rings. The minimum absolute atomic E-state index is 0.114. The Kier molecular flexibility index (Phi) is 4.75. The normalized spacial score (nSPS) is 24.0. The summed E-state index contributed by atoms with van der Waals surface area (Å²) in [4.78, 5) is 21.0. The number of hydrogen-bond donors (Lipinski definition) is 1. The SMILES string of the molecule is Cc1oc2c(CN3C[C@]4(C)C[C@@H]3CC(C)(C)C4)c(O)ccc2c(=O)c1-c1nc2ccccc2n1C. The predicted molar refractivity (Wildman–Crippen MR) is 139 cm³/mol. The molecular weight excluding hydrogens is 438 g/mol. The van der Waals surface area contributed by atoms with Crippen molar-refractivity contribution in [2.75, 3.05) is 6.54 Å². The number of likely N-dealkylation sites (tertiary alicyclic amines) is 1. The maximum Gasteiger partial charge on any atom is 0.203 e. The summed E-state index contributed by atoms with van der Waals surface area (Å²) in [5, 5.41) is 11.4. The molecule has 2 atom stereocenters. The molecule has 6 nitrogen and oxygen atoms in total. The Morgan fingerprint density at radius 3 is 2.69 bits per heavy atom. The number of nitrogens with zero attached hydrogens (tertiary/aromatic N) is 3. The second-order valence-corrected chi connectivity index (χ2v) is 11.9. The lowest BCUT2D eigenvalue weighted by atomic mass is 9.65. The highest BCUT2D eigenvalue weighted by Gasteiger charge is 2.49. The Balaban J connectivity index is 1.46. The minimum atomic E-state index is -0.114. The molecule has 6 heteroatoms. The van der Waals surface area contributed by atoms with Crippen molar-refractivity contribution in [2.45, 2.75) is 59.5 Å². The molecule has 1 saturated heterocycles. The zero-order valence-corrected chi connectivity index (χ0v) is 21.2. The van der Waals surface area contributed by atoms with E-state index in [0.29, 0.717) is 51.7 Å². The van der Waals surface area contributed by atoms with Crippen LogP contribution in [-0.4, -0.2) is 32.1 Å². The van der Waals surface area contributed by atoms with Gasteiger partial charge in [0.25, 0.3) is 0 Å². The van der Waals surface area contributed by atoms with Crippen LogP contribution in [0.1, 0.15) is 51.4 Å². The second-order valence-electron chi connectivity index (χ2n) is 11.9. The Labute approximate surface area is 205 Å². The van der Waals surface area contributed by atoms with Gasteiger partial charge in [-0.25, -0.2) is 4.98 Å². The van der Waals surface area contributed by atoms with Crippen LogP contribution in [0.15, 0.2) is 45.6 Å². The molecule has 182 valence electrons. The summed E-state index contributed by atoms with van der Waals surface area (Å²) in [6.07, 6.45) is 3.54. The first-order valence-electron chi connectivity index (χ1n) is 12.5. The van der Waals surface area contributed by atoms with Crippen molar-refractivity contribution in [1.82, 2.24) is 14.5 Å². The number of aromatic nitrogens is 2. The van der Waals surface area contributed by atoms with Crippen LogP contribution < -0.4 is 5.43 Å². The summed E-state index contributed by atoms with van der Waals surface area (Å²) < 4.78 is 8.28. The van der Waals surface area contributed by atoms with Crippen molar-refractivity contribution in [1.29, 1.82) is 0 Å². The van der Waals surface area contributed by atoms with Gasteiger partial charge in [-0.2, -0.15) is 0 Å². The number of aromatic hydroxyl groups is 1. The van der Waals surface area contributed by atoms with E-state index in [1.54, 1.807) is 12.1 Å². The molecule has 0 spiro atoms. The number of phenols is 1. The summed E-state index contributed by atoms with van der Waals surface area (Å²) in [5.41, 5.74) is 3.95. The van der Waals surface area contributed by atoms with E-state index in [1.165, 1.54) is 12.8 Å².